The highest BCUT2D eigenvalue weighted by atomic mass is 35.5. The van der Waals surface area contributed by atoms with Crippen LogP contribution in [0.2, 0.25) is 10.0 Å². The molecule has 3 rings (SSSR count). The Balaban J connectivity index is 1.56. The maximum atomic E-state index is 12.8. The minimum Gasteiger partial charge on any atom is -0.492 e. The van der Waals surface area contributed by atoms with Gasteiger partial charge in [0.2, 0.25) is 0 Å². The van der Waals surface area contributed by atoms with Crippen molar-refractivity contribution in [2.75, 3.05) is 18.5 Å². The zero-order chi connectivity index (χ0) is 19.6. The number of carbonyl (C=O) groups is 1. The van der Waals surface area contributed by atoms with Crippen LogP contribution in [-0.2, 0) is 12.0 Å². The van der Waals surface area contributed by atoms with E-state index in [9.17, 15) is 14.3 Å². The average molecular weight is 413 g/mol. The van der Waals surface area contributed by atoms with Crippen molar-refractivity contribution in [1.29, 1.82) is 0 Å². The highest BCUT2D eigenvalue weighted by Gasteiger charge is 2.35. The second-order valence-electron chi connectivity index (χ2n) is 6.53. The highest BCUT2D eigenvalue weighted by Crippen LogP contribution is 2.45. The monoisotopic (exact) mass is 412 g/mol. The summed E-state index contributed by atoms with van der Waals surface area (Å²) in [5, 5.41) is 16.2. The zero-order valence-electron chi connectivity index (χ0n) is 14.6. The van der Waals surface area contributed by atoms with Gasteiger partial charge in [-0.05, 0) is 61.2 Å². The fraction of sp³-hybridized carbons (Fsp3) is 0.316. The fourth-order valence-electron chi connectivity index (χ4n) is 3.02. The van der Waals surface area contributed by atoms with E-state index in [0.717, 1.165) is 5.56 Å². The molecular formula is C19H19Cl2FN2O3. The van der Waals surface area contributed by atoms with Crippen LogP contribution in [0.3, 0.4) is 0 Å². The summed E-state index contributed by atoms with van der Waals surface area (Å²) in [6.07, 6.45) is 1.16. The van der Waals surface area contributed by atoms with Crippen molar-refractivity contribution < 1.29 is 19.0 Å². The summed E-state index contributed by atoms with van der Waals surface area (Å²) in [6, 6.07) is 6.77. The fourth-order valence-corrected chi connectivity index (χ4v) is 3.67. The Morgan fingerprint density at radius 3 is 2.74 bits per heavy atom. The van der Waals surface area contributed by atoms with Crippen LogP contribution in [-0.4, -0.2) is 24.3 Å². The lowest BCUT2D eigenvalue weighted by atomic mass is 9.98. The van der Waals surface area contributed by atoms with Crippen LogP contribution in [0.5, 0.6) is 5.75 Å². The highest BCUT2D eigenvalue weighted by molar-refractivity contribution is 6.40. The van der Waals surface area contributed by atoms with Gasteiger partial charge in [-0.15, -0.1) is 0 Å². The average Bonchev–Trinajstić information content (AvgIpc) is 2.92. The lowest BCUT2D eigenvalue weighted by Gasteiger charge is -2.20. The molecule has 8 heteroatoms. The molecule has 1 unspecified atom stereocenters. The summed E-state index contributed by atoms with van der Waals surface area (Å²) < 4.78 is 18.2. The SMILES string of the molecule is CC1(O)CCc2c1cc(Cl)c(NC(=O)NCCOc1ccc(F)cc1)c2Cl. The number of hydrogen-bond donors (Lipinski definition) is 3. The Kier molecular flexibility index (Phi) is 5.79. The number of carbonyl (C=O) groups excluding carboxylic acids is 1. The maximum absolute atomic E-state index is 12.8. The van der Waals surface area contributed by atoms with Crippen LogP contribution >= 0.6 is 23.2 Å². The van der Waals surface area contributed by atoms with Crippen LogP contribution in [0.4, 0.5) is 14.9 Å². The van der Waals surface area contributed by atoms with E-state index in [0.29, 0.717) is 34.9 Å². The quantitative estimate of drug-likeness (QED) is 0.633. The summed E-state index contributed by atoms with van der Waals surface area (Å²) in [5.74, 6) is 0.167. The summed E-state index contributed by atoms with van der Waals surface area (Å²) >= 11 is 12.6. The van der Waals surface area contributed by atoms with E-state index < -0.39 is 11.6 Å². The normalized spacial score (nSPS) is 18.1. The first-order chi connectivity index (χ1) is 12.8. The van der Waals surface area contributed by atoms with E-state index in [1.807, 2.05) is 0 Å². The molecule has 2 amide bonds. The van der Waals surface area contributed by atoms with Gasteiger partial charge in [0.1, 0.15) is 18.2 Å². The van der Waals surface area contributed by atoms with Gasteiger partial charge in [-0.2, -0.15) is 0 Å². The Bertz CT molecular complexity index is 857. The van der Waals surface area contributed by atoms with E-state index in [1.54, 1.807) is 13.0 Å². The van der Waals surface area contributed by atoms with Crippen molar-refractivity contribution in [3.63, 3.8) is 0 Å². The smallest absolute Gasteiger partial charge is 0.319 e. The van der Waals surface area contributed by atoms with Gasteiger partial charge in [0, 0.05) is 0 Å². The molecular weight excluding hydrogens is 394 g/mol. The second kappa shape index (κ2) is 7.92. The number of aliphatic hydroxyl groups is 1. The van der Waals surface area contributed by atoms with Gasteiger partial charge in [0.15, 0.2) is 0 Å². The molecule has 0 fully saturated rings. The molecule has 27 heavy (non-hydrogen) atoms. The lowest BCUT2D eigenvalue weighted by Crippen LogP contribution is -2.32. The third-order valence-corrected chi connectivity index (χ3v) is 5.19. The van der Waals surface area contributed by atoms with Crippen molar-refractivity contribution in [3.05, 3.63) is 57.3 Å². The van der Waals surface area contributed by atoms with E-state index in [1.165, 1.54) is 24.3 Å². The van der Waals surface area contributed by atoms with Gasteiger partial charge in [0.05, 0.1) is 27.9 Å². The molecule has 0 aliphatic heterocycles. The van der Waals surface area contributed by atoms with E-state index >= 15 is 0 Å². The first-order valence-corrected chi connectivity index (χ1v) is 9.20. The molecule has 0 bridgehead atoms. The standard InChI is InChI=1S/C19H19Cl2FN2O3/c1-19(26)7-6-13-14(19)10-15(20)17(16(13)21)24-18(25)23-8-9-27-12-4-2-11(22)3-5-12/h2-5,10,26H,6-9H2,1H3,(H2,23,24,25). The molecule has 1 atom stereocenters. The largest absolute Gasteiger partial charge is 0.492 e. The Morgan fingerprint density at radius 1 is 1.33 bits per heavy atom. The molecule has 0 saturated heterocycles. The van der Waals surface area contributed by atoms with Gasteiger partial charge < -0.3 is 20.5 Å². The molecule has 1 aliphatic rings. The molecule has 0 heterocycles. The summed E-state index contributed by atoms with van der Waals surface area (Å²) in [7, 11) is 0. The number of urea groups is 1. The van der Waals surface area contributed by atoms with Crippen LogP contribution in [0, 0.1) is 5.82 Å². The van der Waals surface area contributed by atoms with E-state index in [2.05, 4.69) is 10.6 Å². The Hall–Kier alpha value is -2.02. The number of benzene rings is 2. The summed E-state index contributed by atoms with van der Waals surface area (Å²) in [4.78, 5) is 12.1. The minimum atomic E-state index is -0.971. The van der Waals surface area contributed by atoms with Gasteiger partial charge >= 0.3 is 6.03 Å². The number of halogens is 3. The van der Waals surface area contributed by atoms with Crippen molar-refractivity contribution in [2.24, 2.45) is 0 Å². The van der Waals surface area contributed by atoms with Gasteiger partial charge in [-0.3, -0.25) is 0 Å². The van der Waals surface area contributed by atoms with Gasteiger partial charge in [-0.1, -0.05) is 23.2 Å². The number of hydrogen-bond acceptors (Lipinski definition) is 3. The molecule has 0 aromatic heterocycles. The first kappa shape index (κ1) is 19.7. The molecule has 1 aliphatic carbocycles. The molecule has 2 aromatic carbocycles. The molecule has 144 valence electrons. The van der Waals surface area contributed by atoms with Crippen LogP contribution in [0.15, 0.2) is 30.3 Å². The molecule has 3 N–H and O–H groups in total. The van der Waals surface area contributed by atoms with Crippen LogP contribution in [0.25, 0.3) is 0 Å². The van der Waals surface area contributed by atoms with Crippen molar-refractivity contribution in [2.45, 2.75) is 25.4 Å². The van der Waals surface area contributed by atoms with E-state index in [-0.39, 0.29) is 24.0 Å². The van der Waals surface area contributed by atoms with Gasteiger partial charge in [0.25, 0.3) is 0 Å². The topological polar surface area (TPSA) is 70.6 Å². The molecule has 2 aromatic rings. The third-order valence-electron chi connectivity index (χ3n) is 4.47. The number of fused-ring (bicyclic) bond motifs is 1. The minimum absolute atomic E-state index is 0.216. The van der Waals surface area contributed by atoms with Crippen LogP contribution in [0.1, 0.15) is 24.5 Å². The van der Waals surface area contributed by atoms with Crippen LogP contribution < -0.4 is 15.4 Å². The summed E-state index contributed by atoms with van der Waals surface area (Å²) in [6.45, 7) is 2.16. The first-order valence-electron chi connectivity index (χ1n) is 8.45. The Labute approximate surface area is 166 Å². The number of anilines is 1. The Morgan fingerprint density at radius 2 is 2.04 bits per heavy atom. The van der Waals surface area contributed by atoms with Crippen molar-refractivity contribution in [1.82, 2.24) is 5.32 Å². The van der Waals surface area contributed by atoms with Crippen molar-refractivity contribution >= 4 is 34.9 Å². The number of ether oxygens (including phenoxy) is 1. The summed E-state index contributed by atoms with van der Waals surface area (Å²) in [5.41, 5.74) is 0.824. The number of rotatable bonds is 5. The lowest BCUT2D eigenvalue weighted by molar-refractivity contribution is 0.0595. The third kappa shape index (κ3) is 4.46. The molecule has 0 spiro atoms. The predicted octanol–water partition coefficient (Wildman–Crippen LogP) is 4.49. The second-order valence-corrected chi connectivity index (χ2v) is 7.32. The zero-order valence-corrected chi connectivity index (χ0v) is 16.1. The number of nitrogens with one attached hydrogen (secondary N) is 2. The molecule has 0 saturated carbocycles. The maximum Gasteiger partial charge on any atom is 0.319 e. The number of amides is 2. The predicted molar refractivity (Wildman–Crippen MR) is 103 cm³/mol. The molecule has 5 nitrogen and oxygen atoms in total. The van der Waals surface area contributed by atoms with Crippen molar-refractivity contribution in [3.8, 4) is 5.75 Å². The van der Waals surface area contributed by atoms with Gasteiger partial charge in [-0.25, -0.2) is 9.18 Å². The van der Waals surface area contributed by atoms with E-state index in [4.69, 9.17) is 27.9 Å². The molecule has 0 radical (unpaired) electrons.